The maximum atomic E-state index is 13.2. The van der Waals surface area contributed by atoms with Gasteiger partial charge in [0, 0.05) is 30.8 Å². The smallest absolute Gasteiger partial charge is 0.491 e. The summed E-state index contributed by atoms with van der Waals surface area (Å²) in [5.74, 6) is 1.33. The summed E-state index contributed by atoms with van der Waals surface area (Å²) < 4.78 is 12.2. The number of ether oxygens (including phenoxy) is 1. The molecule has 222 valence electrons. The third-order valence-corrected chi connectivity index (χ3v) is 7.33. The van der Waals surface area contributed by atoms with Gasteiger partial charge in [0.25, 0.3) is 0 Å². The van der Waals surface area contributed by atoms with Crippen LogP contribution in [0.15, 0.2) is 82.6 Å². The monoisotopic (exact) mass is 551 g/mol. The molecule has 1 N–H and O–H groups in total. The first-order chi connectivity index (χ1) is 19.0. The number of likely N-dealkylation sites (N-methyl/N-ethyl adjacent to an activating group) is 1. The number of amides is 1. The van der Waals surface area contributed by atoms with Gasteiger partial charge >= 0.3 is 7.12 Å². The van der Waals surface area contributed by atoms with Gasteiger partial charge in [-0.05, 0) is 82.8 Å². The van der Waals surface area contributed by atoms with Gasteiger partial charge in [0.1, 0.15) is 5.76 Å². The van der Waals surface area contributed by atoms with E-state index in [-0.39, 0.29) is 12.0 Å². The number of carbonyl (C=O) groups excluding carboxylic acids is 1. The van der Waals surface area contributed by atoms with Crippen LogP contribution in [0.1, 0.15) is 93.4 Å². The second-order valence-electron chi connectivity index (χ2n) is 11.0. The Morgan fingerprint density at radius 2 is 1.85 bits per heavy atom. The van der Waals surface area contributed by atoms with Crippen LogP contribution in [-0.2, 0) is 14.2 Å². The molecule has 0 radical (unpaired) electrons. The lowest BCUT2D eigenvalue weighted by Gasteiger charge is -2.28. The molecule has 1 saturated carbocycles. The molecule has 0 saturated heterocycles. The fraction of sp³-hybridized carbons (Fsp3) is 0.559. The van der Waals surface area contributed by atoms with Gasteiger partial charge in [-0.25, -0.2) is 0 Å². The van der Waals surface area contributed by atoms with Gasteiger partial charge in [-0.15, -0.1) is 0 Å². The molecule has 2 atom stereocenters. The van der Waals surface area contributed by atoms with Crippen molar-refractivity contribution in [1.29, 1.82) is 0 Å². The molecular formula is C34H54BNO4. The molecule has 1 aliphatic carbocycles. The third kappa shape index (κ3) is 11.9. The lowest BCUT2D eigenvalue weighted by atomic mass is 9.73. The Kier molecular flexibility index (Phi) is 16.6. The quantitative estimate of drug-likeness (QED) is 0.0693. The summed E-state index contributed by atoms with van der Waals surface area (Å²) in [5.41, 5.74) is 4.95. The minimum absolute atomic E-state index is 0.0335. The first kappa shape index (κ1) is 35.5. The van der Waals surface area contributed by atoms with Crippen molar-refractivity contribution >= 4 is 13.0 Å². The highest BCUT2D eigenvalue weighted by atomic mass is 16.5. The largest absolute Gasteiger partial charge is 0.493 e. The lowest BCUT2D eigenvalue weighted by molar-refractivity contribution is -0.125. The van der Waals surface area contributed by atoms with Crippen LogP contribution >= 0.6 is 0 Å². The van der Waals surface area contributed by atoms with Crippen molar-refractivity contribution in [2.24, 2.45) is 5.92 Å². The molecule has 0 aliphatic heterocycles. The summed E-state index contributed by atoms with van der Waals surface area (Å²) >= 11 is 0. The van der Waals surface area contributed by atoms with E-state index in [4.69, 9.17) is 9.39 Å². The summed E-state index contributed by atoms with van der Waals surface area (Å²) in [6, 6.07) is 0. The van der Waals surface area contributed by atoms with Crippen LogP contribution in [0.5, 0.6) is 0 Å². The molecule has 0 aromatic carbocycles. The number of hydrogen-bond acceptors (Lipinski definition) is 4. The molecule has 2 unspecified atom stereocenters. The molecule has 1 amide bonds. The maximum absolute atomic E-state index is 13.2. The topological polar surface area (TPSA) is 59.0 Å². The standard InChI is InChI=1S/C34H54BNO4/c1-11-14-20-33(31(13-3)29(9)25(4)5)39-22-16-21-36(10)34(37)28(8)24-32(27(7)17-12-2)35(38)40-30-19-15-18-26(6)23-30/h12,14,17,20,24,26,30,38H,4,9,11,13,15-16,18-19,21-23H2,1-3,5-8,10H3/b17-12-,20-14-,28-24+,32-27+,33-31+. The van der Waals surface area contributed by atoms with E-state index in [0.29, 0.717) is 36.5 Å². The van der Waals surface area contributed by atoms with Crippen molar-refractivity contribution in [3.05, 3.63) is 82.6 Å². The third-order valence-electron chi connectivity index (χ3n) is 7.33. The van der Waals surface area contributed by atoms with E-state index in [2.05, 4.69) is 40.0 Å². The van der Waals surface area contributed by atoms with Crippen LogP contribution in [0.3, 0.4) is 0 Å². The van der Waals surface area contributed by atoms with Crippen molar-refractivity contribution in [2.75, 3.05) is 20.2 Å². The highest BCUT2D eigenvalue weighted by molar-refractivity contribution is 6.53. The van der Waals surface area contributed by atoms with Crippen LogP contribution in [0.4, 0.5) is 0 Å². The van der Waals surface area contributed by atoms with Crippen molar-refractivity contribution in [1.82, 2.24) is 4.90 Å². The van der Waals surface area contributed by atoms with Gasteiger partial charge in [-0.2, -0.15) is 0 Å². The van der Waals surface area contributed by atoms with Crippen LogP contribution in [-0.4, -0.2) is 49.3 Å². The Morgan fingerprint density at radius 1 is 1.15 bits per heavy atom. The zero-order valence-corrected chi connectivity index (χ0v) is 26.5. The van der Waals surface area contributed by atoms with Gasteiger partial charge in [0.05, 0.1) is 6.61 Å². The van der Waals surface area contributed by atoms with Gasteiger partial charge < -0.3 is 19.3 Å². The Morgan fingerprint density at radius 3 is 2.42 bits per heavy atom. The highest BCUT2D eigenvalue weighted by Crippen LogP contribution is 2.28. The maximum Gasteiger partial charge on any atom is 0.491 e. The van der Waals surface area contributed by atoms with E-state index in [1.165, 1.54) is 6.42 Å². The predicted octanol–water partition coefficient (Wildman–Crippen LogP) is 8.07. The fourth-order valence-corrected chi connectivity index (χ4v) is 4.92. The molecule has 1 rings (SSSR count). The number of allylic oxidation sites excluding steroid dienone is 10. The molecule has 0 aromatic rings. The van der Waals surface area contributed by atoms with E-state index in [1.807, 2.05) is 39.0 Å². The first-order valence-electron chi connectivity index (χ1n) is 14.9. The lowest BCUT2D eigenvalue weighted by Crippen LogP contribution is -2.32. The van der Waals surface area contributed by atoms with Crippen LogP contribution < -0.4 is 0 Å². The minimum Gasteiger partial charge on any atom is -0.493 e. The number of hydrogen-bond donors (Lipinski definition) is 1. The van der Waals surface area contributed by atoms with E-state index < -0.39 is 7.12 Å². The molecule has 0 aromatic heterocycles. The Balaban J connectivity index is 2.91. The van der Waals surface area contributed by atoms with E-state index >= 15 is 0 Å². The Hall–Kier alpha value is -2.57. The molecule has 0 heterocycles. The first-order valence-corrected chi connectivity index (χ1v) is 14.9. The predicted molar refractivity (Wildman–Crippen MR) is 171 cm³/mol. The Bertz CT molecular complexity index is 1020. The van der Waals surface area contributed by atoms with Crippen LogP contribution in [0, 0.1) is 5.92 Å². The zero-order valence-electron chi connectivity index (χ0n) is 26.5. The number of nitrogens with zero attached hydrogens (tertiary/aromatic N) is 1. The van der Waals surface area contributed by atoms with Gasteiger partial charge in [-0.3, -0.25) is 4.79 Å². The van der Waals surface area contributed by atoms with E-state index in [1.54, 1.807) is 24.9 Å². The number of carbonyl (C=O) groups is 1. The SMILES string of the molecule is C=C(C)C(=C)/C(CC)=C(\C=C/CC)OCCCN(C)C(=O)/C(C)=C/C(B(O)OC1CCCC(C)C1)=C(C)\C=C/C. The average molecular weight is 552 g/mol. The van der Waals surface area contributed by atoms with E-state index in [9.17, 15) is 9.82 Å². The second kappa shape index (κ2) is 18.7. The van der Waals surface area contributed by atoms with Gasteiger partial charge in [0.15, 0.2) is 0 Å². The van der Waals surface area contributed by atoms with Crippen molar-refractivity contribution in [2.45, 2.75) is 99.5 Å². The highest BCUT2D eigenvalue weighted by Gasteiger charge is 2.28. The van der Waals surface area contributed by atoms with Gasteiger partial charge in [0.2, 0.25) is 5.91 Å². The zero-order chi connectivity index (χ0) is 30.2. The molecule has 1 aliphatic rings. The normalized spacial score (nSPS) is 19.4. The molecular weight excluding hydrogens is 497 g/mol. The summed E-state index contributed by atoms with van der Waals surface area (Å²) in [4.78, 5) is 14.9. The van der Waals surface area contributed by atoms with E-state index in [0.717, 1.165) is 60.2 Å². The molecule has 0 bridgehead atoms. The Labute approximate surface area is 245 Å². The summed E-state index contributed by atoms with van der Waals surface area (Å²) in [6.45, 7) is 23.3. The minimum atomic E-state index is -1.07. The van der Waals surface area contributed by atoms with Crippen molar-refractivity contribution < 1.29 is 19.2 Å². The molecule has 6 heteroatoms. The van der Waals surface area contributed by atoms with Crippen LogP contribution in [0.2, 0.25) is 0 Å². The van der Waals surface area contributed by atoms with Crippen LogP contribution in [0.25, 0.3) is 0 Å². The molecule has 1 fully saturated rings. The molecule has 5 nitrogen and oxygen atoms in total. The average Bonchev–Trinajstić information content (AvgIpc) is 2.91. The summed E-state index contributed by atoms with van der Waals surface area (Å²) in [7, 11) is 0.725. The second-order valence-corrected chi connectivity index (χ2v) is 11.0. The molecule has 0 spiro atoms. The van der Waals surface area contributed by atoms with Crippen molar-refractivity contribution in [3.63, 3.8) is 0 Å². The summed E-state index contributed by atoms with van der Waals surface area (Å²) in [6.07, 6.45) is 16.4. The molecule has 40 heavy (non-hydrogen) atoms. The summed E-state index contributed by atoms with van der Waals surface area (Å²) in [5, 5.41) is 11.0. The van der Waals surface area contributed by atoms with Crippen molar-refractivity contribution in [3.8, 4) is 0 Å². The fourth-order valence-electron chi connectivity index (χ4n) is 4.92. The number of rotatable bonds is 16. The van der Waals surface area contributed by atoms with Gasteiger partial charge in [-0.1, -0.05) is 82.2 Å².